The van der Waals surface area contributed by atoms with Crippen LogP contribution >= 0.6 is 7.82 Å². The standard InChI is InChI=1S/C66H57O7P/c1-40-55(49-28-16-10-17-29-49)43(4)61(44(5)56(40)50-30-18-11-19-31-50)64(67)71-74(70,72-65(68)62-45(6)57(51-32-20-12-21-33-51)41(2)58(46(62)7)52-34-22-13-23-35-52)73-66(69)63-47(8)59(53-36-24-14-25-37-53)42(3)60(48(63)9)54-38-26-15-27-39-54/h10-39H,1-9H3. The van der Waals surface area contributed by atoms with Gasteiger partial charge in [0.15, 0.2) is 0 Å². The Hall–Kier alpha value is -8.38. The van der Waals surface area contributed by atoms with Gasteiger partial charge in [0.25, 0.3) is 0 Å². The van der Waals surface area contributed by atoms with Crippen LogP contribution in [-0.4, -0.2) is 17.9 Å². The lowest BCUT2D eigenvalue weighted by Crippen LogP contribution is -2.19. The number of rotatable bonds is 12. The lowest BCUT2D eigenvalue weighted by atomic mass is 9.83. The maximum atomic E-state index is 16.0. The topological polar surface area (TPSA) is 96.0 Å². The van der Waals surface area contributed by atoms with Gasteiger partial charge in [0.1, 0.15) is 0 Å². The first-order valence-corrected chi connectivity index (χ1v) is 26.1. The van der Waals surface area contributed by atoms with Crippen LogP contribution in [0.2, 0.25) is 0 Å². The number of carbonyl (C=O) groups excluding carboxylic acids is 3. The van der Waals surface area contributed by atoms with Crippen molar-refractivity contribution in [2.75, 3.05) is 0 Å². The van der Waals surface area contributed by atoms with Gasteiger partial charge in [0.05, 0.1) is 16.7 Å². The van der Waals surface area contributed by atoms with Crippen LogP contribution in [0.5, 0.6) is 0 Å². The molecule has 8 heteroatoms. The molecule has 0 saturated carbocycles. The number of carbonyl (C=O) groups is 3. The molecule has 74 heavy (non-hydrogen) atoms. The summed E-state index contributed by atoms with van der Waals surface area (Å²) in [5, 5.41) is 0. The average Bonchev–Trinajstić information content (AvgIpc) is 3.38. The Morgan fingerprint density at radius 3 is 0.554 bits per heavy atom. The Labute approximate surface area is 434 Å². The second-order valence-electron chi connectivity index (χ2n) is 18.8. The number of hydrogen-bond donors (Lipinski definition) is 0. The van der Waals surface area contributed by atoms with Crippen molar-refractivity contribution < 1.29 is 32.5 Å². The summed E-state index contributed by atoms with van der Waals surface area (Å²) >= 11 is 0. The van der Waals surface area contributed by atoms with Crippen LogP contribution in [0.25, 0.3) is 66.8 Å². The third-order valence-corrected chi connectivity index (χ3v) is 15.5. The van der Waals surface area contributed by atoms with Crippen LogP contribution in [0, 0.1) is 62.3 Å². The summed E-state index contributed by atoms with van der Waals surface area (Å²) in [4.78, 5) is 46.1. The lowest BCUT2D eigenvalue weighted by molar-refractivity contribution is 0.0470. The Morgan fingerprint density at radius 1 is 0.257 bits per heavy atom. The SMILES string of the molecule is Cc1c(C(=O)OP(=O)(OC(=O)c2c(C)c(-c3ccccc3)c(C)c(-c3ccccc3)c2C)OC(=O)c2c(C)c(-c3ccccc3)c(C)c(-c3ccccc3)c2C)c(C)c(-c2ccccc2)c(C)c1-c1ccccc1. The molecule has 0 radical (unpaired) electrons. The minimum Gasteiger partial charge on any atom is -0.348 e. The molecule has 0 spiro atoms. The van der Waals surface area contributed by atoms with Crippen LogP contribution in [0.15, 0.2) is 182 Å². The second kappa shape index (κ2) is 21.0. The van der Waals surface area contributed by atoms with Gasteiger partial charge in [-0.3, -0.25) is 0 Å². The van der Waals surface area contributed by atoms with E-state index in [2.05, 4.69) is 0 Å². The maximum absolute atomic E-state index is 16.0. The average molecular weight is 993 g/mol. The minimum absolute atomic E-state index is 0.0847. The number of benzene rings is 9. The zero-order chi connectivity index (χ0) is 52.4. The Bertz CT molecular complexity index is 3080. The summed E-state index contributed by atoms with van der Waals surface area (Å²) in [6, 6.07) is 58.1. The number of phosphoric ester groups is 1. The summed E-state index contributed by atoms with van der Waals surface area (Å²) in [6.45, 7) is 16.9. The van der Waals surface area contributed by atoms with E-state index in [9.17, 15) is 0 Å². The molecule has 0 N–H and O–H groups in total. The molecule has 0 aliphatic rings. The van der Waals surface area contributed by atoms with E-state index in [1.54, 1.807) is 41.5 Å². The monoisotopic (exact) mass is 992 g/mol. The molecule has 0 atom stereocenters. The van der Waals surface area contributed by atoms with Gasteiger partial charge in [-0.2, -0.15) is 4.57 Å². The van der Waals surface area contributed by atoms with Crippen molar-refractivity contribution >= 4 is 25.7 Å². The van der Waals surface area contributed by atoms with Gasteiger partial charge < -0.3 is 13.6 Å². The van der Waals surface area contributed by atoms with Gasteiger partial charge in [-0.1, -0.05) is 182 Å². The van der Waals surface area contributed by atoms with Crippen molar-refractivity contribution in [2.24, 2.45) is 0 Å². The zero-order valence-electron chi connectivity index (χ0n) is 43.1. The largest absolute Gasteiger partial charge is 0.654 e. The van der Waals surface area contributed by atoms with Gasteiger partial charge in [0, 0.05) is 0 Å². The van der Waals surface area contributed by atoms with Gasteiger partial charge in [-0.15, -0.1) is 0 Å². The highest BCUT2D eigenvalue weighted by Crippen LogP contribution is 2.54. The van der Waals surface area contributed by atoms with Gasteiger partial charge in [-0.05, 0) is 179 Å². The van der Waals surface area contributed by atoms with Gasteiger partial charge in [0.2, 0.25) is 0 Å². The first kappa shape index (κ1) is 50.6. The van der Waals surface area contributed by atoms with Crippen LogP contribution in [0.1, 0.15) is 81.1 Å². The van der Waals surface area contributed by atoms with Crippen molar-refractivity contribution in [3.8, 4) is 66.8 Å². The van der Waals surface area contributed by atoms with Crippen LogP contribution < -0.4 is 0 Å². The van der Waals surface area contributed by atoms with Crippen molar-refractivity contribution in [2.45, 2.75) is 62.3 Å². The van der Waals surface area contributed by atoms with E-state index in [1.807, 2.05) is 203 Å². The highest BCUT2D eigenvalue weighted by molar-refractivity contribution is 7.50. The van der Waals surface area contributed by atoms with E-state index in [0.29, 0.717) is 33.4 Å². The molecule has 0 heterocycles. The summed E-state index contributed by atoms with van der Waals surface area (Å²) in [5.41, 5.74) is 15.9. The zero-order valence-corrected chi connectivity index (χ0v) is 44.0. The highest BCUT2D eigenvalue weighted by atomic mass is 31.2. The molecule has 9 rings (SSSR count). The predicted octanol–water partition coefficient (Wildman–Crippen LogP) is 17.4. The third kappa shape index (κ3) is 9.43. The van der Waals surface area contributed by atoms with Crippen molar-refractivity contribution in [3.05, 3.63) is 249 Å². The molecule has 0 amide bonds. The van der Waals surface area contributed by atoms with Gasteiger partial charge in [-0.25, -0.2) is 14.4 Å². The summed E-state index contributed by atoms with van der Waals surface area (Å²) < 4.78 is 34.3. The fraction of sp³-hybridized carbons (Fsp3) is 0.136. The van der Waals surface area contributed by atoms with Crippen LogP contribution in [0.4, 0.5) is 0 Å². The van der Waals surface area contributed by atoms with E-state index in [0.717, 1.165) is 83.5 Å². The van der Waals surface area contributed by atoms with E-state index < -0.39 is 25.7 Å². The van der Waals surface area contributed by atoms with Crippen LogP contribution in [0.3, 0.4) is 0 Å². The molecule has 0 bridgehead atoms. The first-order chi connectivity index (χ1) is 35.6. The molecule has 368 valence electrons. The molecule has 0 aromatic heterocycles. The first-order valence-electron chi connectivity index (χ1n) is 24.7. The van der Waals surface area contributed by atoms with Crippen molar-refractivity contribution in [3.63, 3.8) is 0 Å². The molecular formula is C66H57O7P. The molecule has 9 aromatic rings. The minimum atomic E-state index is -5.61. The smallest absolute Gasteiger partial charge is 0.348 e. The predicted molar refractivity (Wildman–Crippen MR) is 298 cm³/mol. The van der Waals surface area contributed by atoms with Gasteiger partial charge >= 0.3 is 25.7 Å². The van der Waals surface area contributed by atoms with Crippen molar-refractivity contribution in [1.29, 1.82) is 0 Å². The molecule has 0 fully saturated rings. The van der Waals surface area contributed by atoms with Crippen molar-refractivity contribution in [1.82, 2.24) is 0 Å². The van der Waals surface area contributed by atoms with E-state index >= 15 is 18.9 Å². The molecule has 7 nitrogen and oxygen atoms in total. The molecule has 0 aliphatic heterocycles. The summed E-state index contributed by atoms with van der Waals surface area (Å²) in [6.07, 6.45) is 0. The Balaban J connectivity index is 1.25. The van der Waals surface area contributed by atoms with E-state index in [4.69, 9.17) is 13.6 Å². The fourth-order valence-corrected chi connectivity index (χ4v) is 12.3. The molecule has 9 aromatic carbocycles. The second-order valence-corrected chi connectivity index (χ2v) is 20.2. The Morgan fingerprint density at radius 2 is 0.405 bits per heavy atom. The lowest BCUT2D eigenvalue weighted by Gasteiger charge is -2.25. The number of hydrogen-bond acceptors (Lipinski definition) is 7. The molecular weight excluding hydrogens is 936 g/mol. The maximum Gasteiger partial charge on any atom is 0.654 e. The summed E-state index contributed by atoms with van der Waals surface area (Å²) in [7, 11) is -5.61. The quantitative estimate of drug-likeness (QED) is 0.113. The molecule has 0 unspecified atom stereocenters. The van der Waals surface area contributed by atoms with E-state index in [-0.39, 0.29) is 16.7 Å². The number of phosphoric acid groups is 1. The summed E-state index contributed by atoms with van der Waals surface area (Å²) in [5.74, 6) is -3.30. The Kier molecular flexibility index (Phi) is 14.3. The third-order valence-electron chi connectivity index (χ3n) is 14.3. The molecule has 0 saturated heterocycles. The van der Waals surface area contributed by atoms with E-state index in [1.165, 1.54) is 0 Å². The van der Waals surface area contributed by atoms with Crippen LogP contribution in [-0.2, 0) is 18.1 Å². The fourth-order valence-electron chi connectivity index (χ4n) is 11.3. The molecule has 0 aliphatic carbocycles. The highest BCUT2D eigenvalue weighted by Gasteiger charge is 2.44. The normalized spacial score (nSPS) is 11.3.